The lowest BCUT2D eigenvalue weighted by Crippen LogP contribution is -2.43. The number of nitrogens with zero attached hydrogens (tertiary/aromatic N) is 2. The molecule has 1 aliphatic rings. The van der Waals surface area contributed by atoms with E-state index in [9.17, 15) is 0 Å². The molecule has 1 aromatic rings. The van der Waals surface area contributed by atoms with E-state index in [1.54, 1.807) is 0 Å². The van der Waals surface area contributed by atoms with Gasteiger partial charge in [-0.25, -0.2) is 0 Å². The number of nitrogens with one attached hydrogen (secondary N) is 2. The van der Waals surface area contributed by atoms with Gasteiger partial charge in [0.15, 0.2) is 5.96 Å². The Bertz CT molecular complexity index is 503. The molecule has 22 heavy (non-hydrogen) atoms. The van der Waals surface area contributed by atoms with Crippen molar-refractivity contribution in [1.82, 2.24) is 10.6 Å². The number of halogens is 1. The number of aliphatic imine (C=N–C) groups is 1. The fourth-order valence-electron chi connectivity index (χ4n) is 2.68. The Balaban J connectivity index is 1.81. The van der Waals surface area contributed by atoms with Crippen molar-refractivity contribution < 1.29 is 0 Å². The Morgan fingerprint density at radius 1 is 1.50 bits per heavy atom. The molecule has 0 aliphatic carbocycles. The molecule has 2 atom stereocenters. The van der Waals surface area contributed by atoms with Gasteiger partial charge in [0.25, 0.3) is 0 Å². The Labute approximate surface area is 142 Å². The van der Waals surface area contributed by atoms with Crippen molar-refractivity contribution in [3.63, 3.8) is 0 Å². The van der Waals surface area contributed by atoms with Crippen LogP contribution in [0.5, 0.6) is 0 Å². The summed E-state index contributed by atoms with van der Waals surface area (Å²) in [5.41, 5.74) is 1.30. The van der Waals surface area contributed by atoms with Gasteiger partial charge in [-0.15, -0.1) is 0 Å². The summed E-state index contributed by atoms with van der Waals surface area (Å²) in [7, 11) is 1.83. The third-order valence-corrected chi connectivity index (χ3v) is 4.73. The molecule has 1 heterocycles. The quantitative estimate of drug-likeness (QED) is 0.620. The van der Waals surface area contributed by atoms with Gasteiger partial charge >= 0.3 is 0 Å². The van der Waals surface area contributed by atoms with Crippen molar-refractivity contribution in [2.75, 3.05) is 31.6 Å². The van der Waals surface area contributed by atoms with E-state index in [1.165, 1.54) is 12.1 Å². The van der Waals surface area contributed by atoms with Crippen LogP contribution in [-0.4, -0.2) is 38.7 Å². The Morgan fingerprint density at radius 3 is 3.00 bits per heavy atom. The molecule has 1 aliphatic heterocycles. The average Bonchev–Trinajstić information content (AvgIpc) is 3.00. The van der Waals surface area contributed by atoms with Crippen LogP contribution in [0.25, 0.3) is 0 Å². The maximum Gasteiger partial charge on any atom is 0.191 e. The first-order chi connectivity index (χ1) is 10.6. The molecule has 0 spiro atoms. The van der Waals surface area contributed by atoms with Crippen LogP contribution in [0, 0.1) is 5.92 Å². The van der Waals surface area contributed by atoms with Crippen LogP contribution in [0.2, 0.25) is 0 Å². The maximum atomic E-state index is 4.30. The van der Waals surface area contributed by atoms with Crippen molar-refractivity contribution in [3.05, 3.63) is 28.7 Å². The third kappa shape index (κ3) is 4.90. The van der Waals surface area contributed by atoms with E-state index < -0.39 is 0 Å². The first kappa shape index (κ1) is 17.1. The van der Waals surface area contributed by atoms with Gasteiger partial charge in [0.2, 0.25) is 0 Å². The van der Waals surface area contributed by atoms with Crippen LogP contribution >= 0.6 is 15.9 Å². The van der Waals surface area contributed by atoms with E-state index in [2.05, 4.69) is 74.6 Å². The smallest absolute Gasteiger partial charge is 0.191 e. The lowest BCUT2D eigenvalue weighted by molar-refractivity contribution is 0.554. The molecule has 2 unspecified atom stereocenters. The molecule has 1 saturated heterocycles. The van der Waals surface area contributed by atoms with Crippen molar-refractivity contribution in [2.45, 2.75) is 32.7 Å². The predicted octanol–water partition coefficient (Wildman–Crippen LogP) is 3.24. The summed E-state index contributed by atoms with van der Waals surface area (Å²) in [6.45, 7) is 7.56. The zero-order chi connectivity index (χ0) is 15.9. The highest BCUT2D eigenvalue weighted by atomic mass is 79.9. The molecule has 2 rings (SSSR count). The minimum absolute atomic E-state index is 0.452. The summed E-state index contributed by atoms with van der Waals surface area (Å²) in [4.78, 5) is 6.76. The molecule has 0 aromatic heterocycles. The first-order valence-corrected chi connectivity index (χ1v) is 8.89. The number of anilines is 1. The zero-order valence-corrected chi connectivity index (χ0v) is 15.4. The Hall–Kier alpha value is -1.23. The van der Waals surface area contributed by atoms with E-state index in [4.69, 9.17) is 0 Å². The monoisotopic (exact) mass is 366 g/mol. The van der Waals surface area contributed by atoms with Crippen molar-refractivity contribution >= 4 is 27.6 Å². The van der Waals surface area contributed by atoms with Crippen molar-refractivity contribution in [1.29, 1.82) is 0 Å². The second kappa shape index (κ2) is 8.42. The number of hydrogen-bond acceptors (Lipinski definition) is 2. The number of hydrogen-bond donors (Lipinski definition) is 2. The Morgan fingerprint density at radius 2 is 2.32 bits per heavy atom. The summed E-state index contributed by atoms with van der Waals surface area (Å²) >= 11 is 3.55. The van der Waals surface area contributed by atoms with Gasteiger partial charge < -0.3 is 15.5 Å². The van der Waals surface area contributed by atoms with Gasteiger partial charge in [0, 0.05) is 42.9 Å². The van der Waals surface area contributed by atoms with Gasteiger partial charge in [-0.2, -0.15) is 0 Å². The van der Waals surface area contributed by atoms with Gasteiger partial charge in [-0.3, -0.25) is 4.99 Å². The average molecular weight is 367 g/mol. The molecule has 4 nitrogen and oxygen atoms in total. The van der Waals surface area contributed by atoms with Crippen LogP contribution in [-0.2, 0) is 0 Å². The fourth-order valence-corrected chi connectivity index (χ4v) is 3.06. The third-order valence-electron chi connectivity index (χ3n) is 4.24. The van der Waals surface area contributed by atoms with Crippen LogP contribution in [0.15, 0.2) is 33.7 Å². The van der Waals surface area contributed by atoms with Crippen molar-refractivity contribution in [3.8, 4) is 0 Å². The SMILES string of the molecule is CCC(C)NC(=NC)NCC1CCN(c2cccc(Br)c2)C1. The van der Waals surface area contributed by atoms with Gasteiger partial charge in [-0.05, 0) is 43.9 Å². The molecule has 0 amide bonds. The van der Waals surface area contributed by atoms with E-state index >= 15 is 0 Å². The summed E-state index contributed by atoms with van der Waals surface area (Å²) < 4.78 is 1.14. The molecule has 122 valence electrons. The lowest BCUT2D eigenvalue weighted by atomic mass is 10.1. The van der Waals surface area contributed by atoms with Gasteiger partial charge in [0.05, 0.1) is 0 Å². The topological polar surface area (TPSA) is 39.7 Å². The molecular weight excluding hydrogens is 340 g/mol. The van der Waals surface area contributed by atoms with E-state index in [-0.39, 0.29) is 0 Å². The summed E-state index contributed by atoms with van der Waals surface area (Å²) in [5, 5.41) is 6.87. The highest BCUT2D eigenvalue weighted by Crippen LogP contribution is 2.25. The van der Waals surface area contributed by atoms with E-state index in [1.807, 2.05) is 7.05 Å². The van der Waals surface area contributed by atoms with Crippen LogP contribution in [0.1, 0.15) is 26.7 Å². The van der Waals surface area contributed by atoms with Gasteiger partial charge in [-0.1, -0.05) is 28.9 Å². The van der Waals surface area contributed by atoms with Crippen molar-refractivity contribution in [2.24, 2.45) is 10.9 Å². The molecule has 0 radical (unpaired) electrons. The largest absolute Gasteiger partial charge is 0.371 e. The Kier molecular flexibility index (Phi) is 6.55. The fraction of sp³-hybridized carbons (Fsp3) is 0.588. The maximum absolute atomic E-state index is 4.30. The molecule has 0 saturated carbocycles. The summed E-state index contributed by atoms with van der Waals surface area (Å²) in [6, 6.07) is 9.00. The molecule has 1 aromatic carbocycles. The molecular formula is C17H27BrN4. The summed E-state index contributed by atoms with van der Waals surface area (Å²) in [5.74, 6) is 1.57. The number of rotatable bonds is 5. The highest BCUT2D eigenvalue weighted by molar-refractivity contribution is 9.10. The minimum Gasteiger partial charge on any atom is -0.371 e. The number of benzene rings is 1. The lowest BCUT2D eigenvalue weighted by Gasteiger charge is -2.20. The van der Waals surface area contributed by atoms with Crippen LogP contribution in [0.3, 0.4) is 0 Å². The second-order valence-corrected chi connectivity index (χ2v) is 6.90. The zero-order valence-electron chi connectivity index (χ0n) is 13.8. The number of guanidine groups is 1. The molecule has 2 N–H and O–H groups in total. The van der Waals surface area contributed by atoms with E-state index in [0.29, 0.717) is 12.0 Å². The standard InChI is InChI=1S/C17H27BrN4/c1-4-13(2)21-17(19-3)20-11-14-8-9-22(12-14)16-7-5-6-15(18)10-16/h5-7,10,13-14H,4,8-9,11-12H2,1-3H3,(H2,19,20,21). The summed E-state index contributed by atoms with van der Waals surface area (Å²) in [6.07, 6.45) is 2.32. The predicted molar refractivity (Wildman–Crippen MR) is 98.7 cm³/mol. The normalized spacial score (nSPS) is 20.1. The highest BCUT2D eigenvalue weighted by Gasteiger charge is 2.23. The van der Waals surface area contributed by atoms with E-state index in [0.717, 1.165) is 36.5 Å². The minimum atomic E-state index is 0.452. The molecule has 0 bridgehead atoms. The first-order valence-electron chi connectivity index (χ1n) is 8.10. The molecule has 5 heteroatoms. The van der Waals surface area contributed by atoms with Crippen LogP contribution in [0.4, 0.5) is 5.69 Å². The van der Waals surface area contributed by atoms with Crippen LogP contribution < -0.4 is 15.5 Å². The second-order valence-electron chi connectivity index (χ2n) is 5.99. The molecule has 1 fully saturated rings. The van der Waals surface area contributed by atoms with Gasteiger partial charge in [0.1, 0.15) is 0 Å².